The van der Waals surface area contributed by atoms with Gasteiger partial charge >= 0.3 is 5.97 Å². The van der Waals surface area contributed by atoms with Crippen molar-refractivity contribution in [2.75, 3.05) is 11.8 Å². The smallest absolute Gasteiger partial charge is 0.337 e. The highest BCUT2D eigenvalue weighted by Crippen LogP contribution is 2.28. The van der Waals surface area contributed by atoms with Crippen molar-refractivity contribution in [1.29, 1.82) is 0 Å². The molecular formula is C20H18ClN3O4S. The molecule has 0 fully saturated rings. The first kappa shape index (κ1) is 20.8. The standard InChI is InChI=1S/C20H18ClN3O4S/c1-12-6-4-7-13(2)18(12)16-11-17(21)23-20(22-16)24-29(26,27)15-9-5-8-14(10-15)19(25)28-3/h4-11H,1-3H3,(H,22,23,24). The second-order valence-electron chi connectivity index (χ2n) is 6.29. The first-order chi connectivity index (χ1) is 13.7. The summed E-state index contributed by atoms with van der Waals surface area (Å²) in [6, 6.07) is 12.8. The van der Waals surface area contributed by atoms with Crippen LogP contribution in [0.1, 0.15) is 21.5 Å². The molecule has 0 atom stereocenters. The second kappa shape index (κ2) is 8.18. The number of carbonyl (C=O) groups excluding carboxylic acids is 1. The second-order valence-corrected chi connectivity index (χ2v) is 8.36. The normalized spacial score (nSPS) is 11.2. The summed E-state index contributed by atoms with van der Waals surface area (Å²) in [6.45, 7) is 3.86. The van der Waals surface area contributed by atoms with Crippen LogP contribution in [0.15, 0.2) is 53.4 Å². The molecule has 3 aromatic rings. The number of benzene rings is 2. The van der Waals surface area contributed by atoms with Gasteiger partial charge in [-0.25, -0.2) is 27.9 Å². The lowest BCUT2D eigenvalue weighted by Crippen LogP contribution is -2.16. The minimum atomic E-state index is -4.05. The molecule has 1 N–H and O–H groups in total. The Kier molecular flexibility index (Phi) is 5.86. The molecule has 0 saturated heterocycles. The molecule has 0 aliphatic heterocycles. The van der Waals surface area contributed by atoms with Crippen molar-refractivity contribution in [3.8, 4) is 11.3 Å². The van der Waals surface area contributed by atoms with Gasteiger partial charge < -0.3 is 4.74 Å². The first-order valence-electron chi connectivity index (χ1n) is 8.53. The Balaban J connectivity index is 2.00. The van der Waals surface area contributed by atoms with Crippen LogP contribution in [-0.4, -0.2) is 31.5 Å². The number of ether oxygens (including phenoxy) is 1. The van der Waals surface area contributed by atoms with Crippen LogP contribution >= 0.6 is 11.6 Å². The Morgan fingerprint density at radius 2 is 1.69 bits per heavy atom. The van der Waals surface area contributed by atoms with Crippen LogP contribution in [0.5, 0.6) is 0 Å². The number of hydrogen-bond acceptors (Lipinski definition) is 6. The number of nitrogens with zero attached hydrogens (tertiary/aromatic N) is 2. The maximum atomic E-state index is 12.8. The van der Waals surface area contributed by atoms with Crippen LogP contribution in [0, 0.1) is 13.8 Å². The number of carbonyl (C=O) groups is 1. The number of anilines is 1. The summed E-state index contributed by atoms with van der Waals surface area (Å²) in [5, 5.41) is 0.0960. The van der Waals surface area contributed by atoms with E-state index in [1.165, 1.54) is 31.4 Å². The third-order valence-corrected chi connectivity index (χ3v) is 5.74. The van der Waals surface area contributed by atoms with E-state index in [2.05, 4.69) is 19.4 Å². The van der Waals surface area contributed by atoms with Gasteiger partial charge in [0.1, 0.15) is 5.15 Å². The molecule has 0 unspecified atom stereocenters. The van der Waals surface area contributed by atoms with Crippen LogP contribution in [0.3, 0.4) is 0 Å². The minimum Gasteiger partial charge on any atom is -0.465 e. The maximum absolute atomic E-state index is 12.8. The van der Waals surface area contributed by atoms with E-state index >= 15 is 0 Å². The maximum Gasteiger partial charge on any atom is 0.337 e. The predicted octanol–water partition coefficient (Wildman–Crippen LogP) is 4.00. The molecule has 29 heavy (non-hydrogen) atoms. The van der Waals surface area contributed by atoms with Crippen molar-refractivity contribution < 1.29 is 17.9 Å². The number of esters is 1. The van der Waals surface area contributed by atoms with Crippen molar-refractivity contribution in [1.82, 2.24) is 9.97 Å². The number of methoxy groups -OCH3 is 1. The van der Waals surface area contributed by atoms with E-state index in [0.717, 1.165) is 16.7 Å². The monoisotopic (exact) mass is 431 g/mol. The fourth-order valence-corrected chi connectivity index (χ4v) is 4.07. The summed E-state index contributed by atoms with van der Waals surface area (Å²) in [6.07, 6.45) is 0. The molecule has 0 aliphatic rings. The van der Waals surface area contributed by atoms with Crippen molar-refractivity contribution in [2.45, 2.75) is 18.7 Å². The number of halogens is 1. The van der Waals surface area contributed by atoms with E-state index in [1.54, 1.807) is 6.07 Å². The first-order valence-corrected chi connectivity index (χ1v) is 10.4. The summed E-state index contributed by atoms with van der Waals surface area (Å²) in [4.78, 5) is 19.9. The summed E-state index contributed by atoms with van der Waals surface area (Å²) in [5.74, 6) is -0.808. The zero-order chi connectivity index (χ0) is 21.2. The number of nitrogens with one attached hydrogen (secondary N) is 1. The summed E-state index contributed by atoms with van der Waals surface area (Å²) < 4.78 is 32.5. The van der Waals surface area contributed by atoms with Gasteiger partial charge in [-0.05, 0) is 43.2 Å². The fraction of sp³-hybridized carbons (Fsp3) is 0.150. The zero-order valence-electron chi connectivity index (χ0n) is 15.9. The quantitative estimate of drug-likeness (QED) is 0.484. The Bertz CT molecular complexity index is 1180. The van der Waals surface area contributed by atoms with Crippen molar-refractivity contribution in [3.63, 3.8) is 0 Å². The SMILES string of the molecule is COC(=O)c1cccc(S(=O)(=O)Nc2nc(Cl)cc(-c3c(C)cccc3C)n2)c1. The third kappa shape index (κ3) is 4.55. The predicted molar refractivity (Wildman–Crippen MR) is 111 cm³/mol. The summed E-state index contributed by atoms with van der Waals surface area (Å²) in [5.41, 5.74) is 3.41. The number of aryl methyl sites for hydroxylation is 2. The van der Waals surface area contributed by atoms with Crippen molar-refractivity contribution in [3.05, 3.63) is 70.4 Å². The van der Waals surface area contributed by atoms with Gasteiger partial charge in [-0.2, -0.15) is 0 Å². The molecule has 0 saturated carbocycles. The highest BCUT2D eigenvalue weighted by molar-refractivity contribution is 7.92. The molecular weight excluding hydrogens is 414 g/mol. The van der Waals surface area contributed by atoms with Gasteiger partial charge in [-0.1, -0.05) is 35.9 Å². The summed E-state index contributed by atoms with van der Waals surface area (Å²) in [7, 11) is -2.84. The molecule has 0 bridgehead atoms. The molecule has 0 spiro atoms. The lowest BCUT2D eigenvalue weighted by molar-refractivity contribution is 0.0600. The largest absolute Gasteiger partial charge is 0.465 e. The fourth-order valence-electron chi connectivity index (χ4n) is 2.90. The molecule has 7 nitrogen and oxygen atoms in total. The van der Waals surface area contributed by atoms with Gasteiger partial charge in [0.2, 0.25) is 5.95 Å². The lowest BCUT2D eigenvalue weighted by Gasteiger charge is -2.12. The van der Waals surface area contributed by atoms with Crippen molar-refractivity contribution in [2.24, 2.45) is 0 Å². The number of hydrogen-bond donors (Lipinski definition) is 1. The van der Waals surface area contributed by atoms with Gasteiger partial charge in [0, 0.05) is 11.6 Å². The van der Waals surface area contributed by atoms with Gasteiger partial charge in [-0.15, -0.1) is 0 Å². The van der Waals surface area contributed by atoms with Crippen molar-refractivity contribution >= 4 is 33.5 Å². The zero-order valence-corrected chi connectivity index (χ0v) is 17.5. The van der Waals surface area contributed by atoms with E-state index in [0.29, 0.717) is 5.69 Å². The molecule has 9 heteroatoms. The van der Waals surface area contributed by atoms with Gasteiger partial charge in [-0.3, -0.25) is 0 Å². The number of sulfonamides is 1. The van der Waals surface area contributed by atoms with Gasteiger partial charge in [0.05, 0.1) is 23.3 Å². The van der Waals surface area contributed by atoms with E-state index in [-0.39, 0.29) is 21.6 Å². The van der Waals surface area contributed by atoms with Gasteiger partial charge in [0.15, 0.2) is 0 Å². The molecule has 1 heterocycles. The van der Waals surface area contributed by atoms with E-state index in [4.69, 9.17) is 11.6 Å². The number of aromatic nitrogens is 2. The molecule has 150 valence electrons. The van der Waals surface area contributed by atoms with Crippen LogP contribution in [0.4, 0.5) is 5.95 Å². The Labute approximate surface area is 173 Å². The van der Waals surface area contributed by atoms with E-state index < -0.39 is 16.0 Å². The third-order valence-electron chi connectivity index (χ3n) is 4.22. The van der Waals surface area contributed by atoms with Crippen LogP contribution in [-0.2, 0) is 14.8 Å². The Morgan fingerprint density at radius 1 is 1.03 bits per heavy atom. The number of rotatable bonds is 5. The molecule has 0 aliphatic carbocycles. The van der Waals surface area contributed by atoms with Crippen LogP contribution < -0.4 is 4.72 Å². The molecule has 0 amide bonds. The molecule has 2 aromatic carbocycles. The summed E-state index contributed by atoms with van der Waals surface area (Å²) >= 11 is 6.12. The van der Waals surface area contributed by atoms with Crippen LogP contribution in [0.25, 0.3) is 11.3 Å². The average Bonchev–Trinajstić information content (AvgIpc) is 2.66. The highest BCUT2D eigenvalue weighted by atomic mass is 35.5. The minimum absolute atomic E-state index is 0.0960. The van der Waals surface area contributed by atoms with E-state index in [9.17, 15) is 13.2 Å². The molecule has 1 aromatic heterocycles. The van der Waals surface area contributed by atoms with Crippen LogP contribution in [0.2, 0.25) is 5.15 Å². The topological polar surface area (TPSA) is 98.2 Å². The average molecular weight is 432 g/mol. The Morgan fingerprint density at radius 3 is 2.34 bits per heavy atom. The molecule has 3 rings (SSSR count). The Hall–Kier alpha value is -2.97. The highest BCUT2D eigenvalue weighted by Gasteiger charge is 2.19. The van der Waals surface area contributed by atoms with Gasteiger partial charge in [0.25, 0.3) is 10.0 Å². The molecule has 0 radical (unpaired) electrons. The van der Waals surface area contributed by atoms with E-state index in [1.807, 2.05) is 32.0 Å². The lowest BCUT2D eigenvalue weighted by atomic mass is 10.00.